The van der Waals surface area contributed by atoms with Crippen molar-refractivity contribution in [1.82, 2.24) is 4.57 Å². The molecule has 3 nitrogen and oxygen atoms in total. The van der Waals surface area contributed by atoms with Crippen molar-refractivity contribution >= 4 is 62.0 Å². The van der Waals surface area contributed by atoms with Crippen LogP contribution in [0.3, 0.4) is 0 Å². The number of hydrogen-bond acceptors (Lipinski definition) is 2. The van der Waals surface area contributed by atoms with E-state index in [1.807, 2.05) is 0 Å². The van der Waals surface area contributed by atoms with E-state index < -0.39 is 0 Å². The summed E-state index contributed by atoms with van der Waals surface area (Å²) in [6.07, 6.45) is 0. The lowest BCUT2D eigenvalue weighted by Gasteiger charge is -2.43. The van der Waals surface area contributed by atoms with Crippen LogP contribution in [0.25, 0.3) is 38.6 Å². The molecule has 11 rings (SSSR count). The average molecular weight is 851 g/mol. The Hall–Kier alpha value is -6.00. The summed E-state index contributed by atoms with van der Waals surface area (Å²) in [5.74, 6) is 1.88. The Bertz CT molecular complexity index is 3230. The number of hydrogen-bond donors (Lipinski definition) is 0. The van der Waals surface area contributed by atoms with Crippen LogP contribution >= 0.6 is 0 Å². The summed E-state index contributed by atoms with van der Waals surface area (Å²) in [5, 5.41) is 2.60. The third-order valence-electron chi connectivity index (χ3n) is 15.1. The quantitative estimate of drug-likeness (QED) is 0.161. The lowest BCUT2D eigenvalue weighted by molar-refractivity contribution is 0.486. The first kappa shape index (κ1) is 41.7. The zero-order chi connectivity index (χ0) is 45.9. The average Bonchev–Trinajstić information content (AvgIpc) is 3.69. The van der Waals surface area contributed by atoms with E-state index in [9.17, 15) is 0 Å². The SMILES string of the molecule is CC(C)(C)c1ccc(N2c3cccc4c3B(c3cc(C(C)(C)C)ccc3O4)c3c2cc(-n2c4ccc(C(C)(C)C)cc4c4cc(C(C)(C)C)ccc42)c2c3C(C)(C)c3ccccc3-2)cc1. The monoisotopic (exact) mass is 851 g/mol. The molecule has 0 saturated carbocycles. The largest absolute Gasteiger partial charge is 0.458 e. The third-order valence-corrected chi connectivity index (χ3v) is 15.1. The minimum Gasteiger partial charge on any atom is -0.458 e. The van der Waals surface area contributed by atoms with Crippen LogP contribution in [0.2, 0.25) is 0 Å². The topological polar surface area (TPSA) is 17.4 Å². The fourth-order valence-corrected chi connectivity index (χ4v) is 11.4. The summed E-state index contributed by atoms with van der Waals surface area (Å²) in [4.78, 5) is 2.56. The number of nitrogens with zero attached hydrogens (tertiary/aromatic N) is 2. The molecule has 326 valence electrons. The smallest absolute Gasteiger partial charge is 0.256 e. The number of fused-ring (bicyclic) bond motifs is 11. The van der Waals surface area contributed by atoms with Crippen molar-refractivity contribution in [3.05, 3.63) is 161 Å². The third kappa shape index (κ3) is 6.15. The summed E-state index contributed by atoms with van der Waals surface area (Å²) in [6, 6.07) is 49.3. The molecule has 0 unspecified atom stereocenters. The normalized spacial score (nSPS) is 15.1. The van der Waals surface area contributed by atoms with Crippen molar-refractivity contribution in [2.24, 2.45) is 0 Å². The number of ether oxygens (including phenoxy) is 1. The minimum absolute atomic E-state index is 0.00240. The van der Waals surface area contributed by atoms with Gasteiger partial charge in [0.1, 0.15) is 11.5 Å². The zero-order valence-electron chi connectivity index (χ0n) is 41.0. The van der Waals surface area contributed by atoms with E-state index in [2.05, 4.69) is 234 Å². The highest BCUT2D eigenvalue weighted by Gasteiger charge is 2.49. The molecular weight excluding hydrogens is 787 g/mol. The molecule has 8 aromatic rings. The first-order valence-corrected chi connectivity index (χ1v) is 23.8. The number of aromatic nitrogens is 1. The van der Waals surface area contributed by atoms with Crippen LogP contribution in [-0.4, -0.2) is 11.3 Å². The van der Waals surface area contributed by atoms with Gasteiger partial charge in [-0.1, -0.05) is 164 Å². The van der Waals surface area contributed by atoms with E-state index in [-0.39, 0.29) is 33.8 Å². The Labute approximate surface area is 387 Å². The van der Waals surface area contributed by atoms with Crippen molar-refractivity contribution < 1.29 is 4.74 Å². The van der Waals surface area contributed by atoms with Gasteiger partial charge in [-0.15, -0.1) is 0 Å². The predicted molar refractivity (Wildman–Crippen MR) is 279 cm³/mol. The lowest BCUT2D eigenvalue weighted by atomic mass is 9.32. The second kappa shape index (κ2) is 13.5. The highest BCUT2D eigenvalue weighted by molar-refractivity contribution is 6.99. The molecule has 7 aromatic carbocycles. The standard InChI is InChI=1S/C61H63BN2O/c1-57(2,3)36-22-27-40(28-23-36)63-48-20-17-21-52-55(48)62(45-34-39(60(10,11)12)26-31-51(45)65-52)56-50(63)35-49(53-41-18-15-16-19-44(41)61(13,14)54(53)56)64-46-29-24-37(58(4,5)6)32-42(46)43-33-38(59(7,8)9)25-30-47(43)64/h15-35H,1-14H3. The second-order valence-corrected chi connectivity index (χ2v) is 23.9. The summed E-state index contributed by atoms with van der Waals surface area (Å²) < 4.78 is 9.62. The van der Waals surface area contributed by atoms with Crippen molar-refractivity contribution in [3.63, 3.8) is 0 Å². The Morgan fingerprint density at radius 2 is 1.03 bits per heavy atom. The van der Waals surface area contributed by atoms with Gasteiger partial charge in [0.2, 0.25) is 0 Å². The van der Waals surface area contributed by atoms with Gasteiger partial charge in [0.15, 0.2) is 0 Å². The van der Waals surface area contributed by atoms with Crippen molar-refractivity contribution in [1.29, 1.82) is 0 Å². The molecule has 0 fully saturated rings. The van der Waals surface area contributed by atoms with Gasteiger partial charge in [-0.25, -0.2) is 0 Å². The molecule has 0 amide bonds. The molecule has 0 bridgehead atoms. The molecule has 0 atom stereocenters. The van der Waals surface area contributed by atoms with Gasteiger partial charge in [-0.05, 0) is 138 Å². The van der Waals surface area contributed by atoms with Gasteiger partial charge >= 0.3 is 0 Å². The summed E-state index contributed by atoms with van der Waals surface area (Å²) in [5.41, 5.74) is 21.5. The van der Waals surface area contributed by atoms with Gasteiger partial charge in [0.05, 0.1) is 16.7 Å². The molecule has 1 aromatic heterocycles. The van der Waals surface area contributed by atoms with E-state index >= 15 is 0 Å². The van der Waals surface area contributed by atoms with Crippen molar-refractivity contribution in [3.8, 4) is 28.3 Å². The highest BCUT2D eigenvalue weighted by atomic mass is 16.5. The summed E-state index contributed by atoms with van der Waals surface area (Å²) in [7, 11) is 0. The molecule has 65 heavy (non-hydrogen) atoms. The molecule has 0 radical (unpaired) electrons. The van der Waals surface area contributed by atoms with E-state index in [4.69, 9.17) is 4.74 Å². The minimum atomic E-state index is -0.322. The number of rotatable bonds is 2. The van der Waals surface area contributed by atoms with Crippen LogP contribution in [0.5, 0.6) is 11.5 Å². The predicted octanol–water partition coefficient (Wildman–Crippen LogP) is 14.7. The molecule has 0 N–H and O–H groups in total. The van der Waals surface area contributed by atoms with Crippen LogP contribution in [-0.2, 0) is 27.1 Å². The van der Waals surface area contributed by atoms with Crippen LogP contribution in [0.1, 0.15) is 130 Å². The molecule has 0 saturated heterocycles. The maximum absolute atomic E-state index is 7.00. The second-order valence-electron chi connectivity index (χ2n) is 23.9. The highest BCUT2D eigenvalue weighted by Crippen LogP contribution is 2.55. The maximum Gasteiger partial charge on any atom is 0.256 e. The Kier molecular flexibility index (Phi) is 8.68. The van der Waals surface area contributed by atoms with E-state index in [0.717, 1.165) is 17.2 Å². The fraction of sp³-hybridized carbons (Fsp3) is 0.311. The molecule has 3 heterocycles. The van der Waals surface area contributed by atoms with E-state index in [1.54, 1.807) is 0 Å². The maximum atomic E-state index is 7.00. The first-order chi connectivity index (χ1) is 30.5. The van der Waals surface area contributed by atoms with Crippen LogP contribution < -0.4 is 26.0 Å². The Balaban J connectivity index is 1.33. The summed E-state index contributed by atoms with van der Waals surface area (Å²) in [6.45, 7) is 32.7. The van der Waals surface area contributed by atoms with Gasteiger partial charge in [0.25, 0.3) is 6.71 Å². The molecule has 0 spiro atoms. The molecular formula is C61H63BN2O. The van der Waals surface area contributed by atoms with Crippen LogP contribution in [0.15, 0.2) is 127 Å². The molecule has 2 aliphatic heterocycles. The lowest BCUT2D eigenvalue weighted by Crippen LogP contribution is -2.61. The van der Waals surface area contributed by atoms with Gasteiger partial charge < -0.3 is 14.2 Å². The zero-order valence-corrected chi connectivity index (χ0v) is 41.0. The summed E-state index contributed by atoms with van der Waals surface area (Å²) >= 11 is 0. The molecule has 3 aliphatic rings. The number of benzene rings is 7. The van der Waals surface area contributed by atoms with Gasteiger partial charge in [-0.2, -0.15) is 0 Å². The Morgan fingerprint density at radius 3 is 1.63 bits per heavy atom. The fourth-order valence-electron chi connectivity index (χ4n) is 11.4. The number of anilines is 3. The van der Waals surface area contributed by atoms with Crippen LogP contribution in [0, 0.1) is 0 Å². The Morgan fingerprint density at radius 1 is 0.477 bits per heavy atom. The van der Waals surface area contributed by atoms with Gasteiger partial charge in [0, 0.05) is 38.8 Å². The van der Waals surface area contributed by atoms with E-state index in [1.165, 1.54) is 99.8 Å². The molecule has 4 heteroatoms. The van der Waals surface area contributed by atoms with E-state index in [0.29, 0.717) is 0 Å². The van der Waals surface area contributed by atoms with Crippen molar-refractivity contribution in [2.75, 3.05) is 4.90 Å². The first-order valence-electron chi connectivity index (χ1n) is 23.8. The van der Waals surface area contributed by atoms with Crippen LogP contribution in [0.4, 0.5) is 17.1 Å². The molecule has 1 aliphatic carbocycles. The van der Waals surface area contributed by atoms with Gasteiger partial charge in [-0.3, -0.25) is 0 Å². The van der Waals surface area contributed by atoms with Crippen molar-refractivity contribution in [2.45, 2.75) is 124 Å².